The molecule has 3 aromatic rings. The Morgan fingerprint density at radius 3 is 2.02 bits per heavy atom. The Morgan fingerprint density at radius 2 is 1.43 bits per heavy atom. The van der Waals surface area contributed by atoms with Crippen LogP contribution in [0.2, 0.25) is 0 Å². The van der Waals surface area contributed by atoms with Crippen molar-refractivity contribution in [3.05, 3.63) is 42.0 Å². The number of aromatic nitrogens is 3. The molecule has 1 aromatic heterocycles. The van der Waals surface area contributed by atoms with Gasteiger partial charge in [-0.15, -0.1) is 5.10 Å². The molecule has 12 heteroatoms. The molecule has 0 aliphatic carbocycles. The van der Waals surface area contributed by atoms with Crippen molar-refractivity contribution in [3.8, 4) is 34.6 Å². The van der Waals surface area contributed by atoms with Crippen molar-refractivity contribution < 1.29 is 30.0 Å². The maximum absolute atomic E-state index is 13.0. The minimum Gasteiger partial charge on any atom is -0.508 e. The van der Waals surface area contributed by atoms with E-state index in [1.165, 1.54) is 15.5 Å². The first kappa shape index (κ1) is 27.1. The summed E-state index contributed by atoms with van der Waals surface area (Å²) < 4.78 is 1.44. The van der Waals surface area contributed by atoms with E-state index < -0.39 is 6.09 Å². The van der Waals surface area contributed by atoms with Gasteiger partial charge in [0.25, 0.3) is 0 Å². The maximum Gasteiger partial charge on any atom is 0.407 e. The highest BCUT2D eigenvalue weighted by atomic mass is 16.4. The van der Waals surface area contributed by atoms with Gasteiger partial charge in [-0.2, -0.15) is 0 Å². The number of rotatable bonds is 5. The molecule has 0 saturated carbocycles. The second-order valence-electron chi connectivity index (χ2n) is 10.6. The van der Waals surface area contributed by atoms with Crippen LogP contribution in [0.25, 0.3) is 17.1 Å². The first-order chi connectivity index (χ1) is 19.1. The number of piperidine rings is 1. The molecule has 2 aliphatic rings. The Hall–Kier alpha value is -4.48. The fourth-order valence-corrected chi connectivity index (χ4v) is 5.50. The van der Waals surface area contributed by atoms with E-state index >= 15 is 0 Å². The van der Waals surface area contributed by atoms with Crippen molar-refractivity contribution in [2.75, 3.05) is 44.2 Å². The number of benzene rings is 2. The average molecular weight is 551 g/mol. The smallest absolute Gasteiger partial charge is 0.407 e. The summed E-state index contributed by atoms with van der Waals surface area (Å²) in [6, 6.07) is 10.1. The Bertz CT molecular complexity index is 1390. The van der Waals surface area contributed by atoms with Crippen molar-refractivity contribution in [3.63, 3.8) is 0 Å². The van der Waals surface area contributed by atoms with Crippen molar-refractivity contribution in [1.29, 1.82) is 0 Å². The van der Waals surface area contributed by atoms with Crippen LogP contribution in [-0.4, -0.2) is 96.3 Å². The Morgan fingerprint density at radius 1 is 0.825 bits per heavy atom. The first-order valence-corrected chi connectivity index (χ1v) is 13.5. The zero-order chi connectivity index (χ0) is 28.6. The van der Waals surface area contributed by atoms with Gasteiger partial charge >= 0.3 is 12.1 Å². The molecular weight excluding hydrogens is 516 g/mol. The maximum atomic E-state index is 13.0. The molecule has 12 nitrogen and oxygen atoms in total. The number of phenols is 2. The lowest BCUT2D eigenvalue weighted by Crippen LogP contribution is -2.52. The van der Waals surface area contributed by atoms with E-state index in [-0.39, 0.29) is 41.1 Å². The van der Waals surface area contributed by atoms with Gasteiger partial charge in [-0.05, 0) is 54.7 Å². The van der Waals surface area contributed by atoms with Gasteiger partial charge in [-0.25, -0.2) is 9.36 Å². The number of phenolic OH excluding ortho intramolecular Hbond substituents is 2. The fraction of sp³-hybridized carbons (Fsp3) is 0.429. The third-order valence-electron chi connectivity index (χ3n) is 7.83. The number of carboxylic acid groups (broad SMARTS) is 1. The molecule has 40 heavy (non-hydrogen) atoms. The summed E-state index contributed by atoms with van der Waals surface area (Å²) in [6.07, 6.45) is 0.490. The average Bonchev–Trinajstić information content (AvgIpc) is 3.33. The Kier molecular flexibility index (Phi) is 7.42. The third-order valence-corrected chi connectivity index (χ3v) is 7.83. The molecule has 2 fully saturated rings. The minimum atomic E-state index is -0.944. The number of anilines is 1. The number of piperazine rings is 1. The SMILES string of the molecule is CC(C)c1cc(-c2nnc(O)n2-c2ccc(N3CCC(C(=O)N4CCN(C(=O)O)CC4)CC3)cc2)c(O)cc1O. The molecule has 0 bridgehead atoms. The van der Waals surface area contributed by atoms with Gasteiger partial charge in [0.2, 0.25) is 5.91 Å². The molecular formula is C28H34N6O6. The number of hydrogen-bond acceptors (Lipinski definition) is 8. The van der Waals surface area contributed by atoms with Gasteiger partial charge in [-0.1, -0.05) is 18.9 Å². The number of aromatic hydroxyl groups is 3. The second-order valence-corrected chi connectivity index (χ2v) is 10.6. The van der Waals surface area contributed by atoms with E-state index in [0.717, 1.165) is 5.69 Å². The summed E-state index contributed by atoms with van der Waals surface area (Å²) in [5.74, 6) is 0.0970. The van der Waals surface area contributed by atoms with Crippen molar-refractivity contribution >= 4 is 17.7 Å². The summed E-state index contributed by atoms with van der Waals surface area (Å²) in [7, 11) is 0. The van der Waals surface area contributed by atoms with E-state index in [9.17, 15) is 24.9 Å². The lowest BCUT2D eigenvalue weighted by molar-refractivity contribution is -0.137. The number of nitrogens with zero attached hydrogens (tertiary/aromatic N) is 6. The van der Waals surface area contributed by atoms with E-state index in [2.05, 4.69) is 15.1 Å². The summed E-state index contributed by atoms with van der Waals surface area (Å²) in [5.41, 5.74) is 2.56. The van der Waals surface area contributed by atoms with Gasteiger partial charge in [0.15, 0.2) is 5.82 Å². The van der Waals surface area contributed by atoms with Crippen LogP contribution in [0.3, 0.4) is 0 Å². The fourth-order valence-electron chi connectivity index (χ4n) is 5.50. The summed E-state index contributed by atoms with van der Waals surface area (Å²) in [5, 5.41) is 48.3. The zero-order valence-electron chi connectivity index (χ0n) is 22.6. The standard InChI is InChI=1S/C28H34N6O6/c1-17(2)21-15-22(24(36)16-23(21)35)25-29-30-27(38)34(25)20-5-3-19(4-6-20)31-9-7-18(8-10-31)26(37)32-11-13-33(14-12-32)28(39)40/h3-6,15-18,35-36H,7-14H2,1-2H3,(H,30,38)(H,39,40). The molecule has 2 aromatic carbocycles. The molecule has 2 amide bonds. The van der Waals surface area contributed by atoms with Crippen LogP contribution >= 0.6 is 0 Å². The molecule has 2 saturated heterocycles. The number of carbonyl (C=O) groups excluding carboxylic acids is 1. The van der Waals surface area contributed by atoms with Gasteiger partial charge in [0.05, 0.1) is 11.3 Å². The Labute approximate surface area is 231 Å². The van der Waals surface area contributed by atoms with Crippen molar-refractivity contribution in [2.45, 2.75) is 32.6 Å². The molecule has 0 spiro atoms. The van der Waals surface area contributed by atoms with Gasteiger partial charge < -0.3 is 35.1 Å². The lowest BCUT2D eigenvalue weighted by Gasteiger charge is -2.38. The predicted octanol–water partition coefficient (Wildman–Crippen LogP) is 3.21. The van der Waals surface area contributed by atoms with Crippen LogP contribution in [-0.2, 0) is 4.79 Å². The van der Waals surface area contributed by atoms with E-state index in [4.69, 9.17) is 5.11 Å². The molecule has 5 rings (SSSR count). The summed E-state index contributed by atoms with van der Waals surface area (Å²) in [6.45, 7) is 6.86. The van der Waals surface area contributed by atoms with Crippen LogP contribution in [0.15, 0.2) is 36.4 Å². The monoisotopic (exact) mass is 550 g/mol. The van der Waals surface area contributed by atoms with Crippen LogP contribution in [0, 0.1) is 5.92 Å². The zero-order valence-corrected chi connectivity index (χ0v) is 22.6. The van der Waals surface area contributed by atoms with E-state index in [1.807, 2.05) is 38.1 Å². The van der Waals surface area contributed by atoms with Crippen LogP contribution in [0.4, 0.5) is 10.5 Å². The number of hydrogen-bond donors (Lipinski definition) is 4. The second kappa shape index (κ2) is 10.9. The summed E-state index contributed by atoms with van der Waals surface area (Å²) in [4.78, 5) is 29.5. The third kappa shape index (κ3) is 5.21. The molecule has 212 valence electrons. The Balaban J connectivity index is 1.27. The largest absolute Gasteiger partial charge is 0.508 e. The molecule has 4 N–H and O–H groups in total. The highest BCUT2D eigenvalue weighted by molar-refractivity contribution is 5.79. The molecule has 2 aliphatic heterocycles. The predicted molar refractivity (Wildman–Crippen MR) is 147 cm³/mol. The highest BCUT2D eigenvalue weighted by Gasteiger charge is 2.31. The van der Waals surface area contributed by atoms with Crippen molar-refractivity contribution in [2.24, 2.45) is 5.92 Å². The molecule has 0 radical (unpaired) electrons. The number of carbonyl (C=O) groups is 2. The lowest BCUT2D eigenvalue weighted by atomic mass is 9.94. The van der Waals surface area contributed by atoms with Crippen LogP contribution < -0.4 is 4.90 Å². The molecule has 3 heterocycles. The normalized spacial score (nSPS) is 16.5. The molecule has 0 atom stereocenters. The van der Waals surface area contributed by atoms with Crippen LogP contribution in [0.1, 0.15) is 38.2 Å². The van der Waals surface area contributed by atoms with E-state index in [0.29, 0.717) is 68.9 Å². The van der Waals surface area contributed by atoms with Gasteiger partial charge in [-0.3, -0.25) is 4.79 Å². The summed E-state index contributed by atoms with van der Waals surface area (Å²) >= 11 is 0. The quantitative estimate of drug-likeness (QED) is 0.375. The first-order valence-electron chi connectivity index (χ1n) is 13.5. The topological polar surface area (TPSA) is 155 Å². The number of amides is 2. The van der Waals surface area contributed by atoms with E-state index in [1.54, 1.807) is 11.0 Å². The highest BCUT2D eigenvalue weighted by Crippen LogP contribution is 2.39. The van der Waals surface area contributed by atoms with Gasteiger partial charge in [0.1, 0.15) is 11.5 Å². The van der Waals surface area contributed by atoms with Gasteiger partial charge in [0, 0.05) is 56.9 Å². The minimum absolute atomic E-state index is 0.00480. The molecule has 0 unspecified atom stereocenters. The van der Waals surface area contributed by atoms with Crippen molar-refractivity contribution in [1.82, 2.24) is 24.6 Å². The van der Waals surface area contributed by atoms with Crippen LogP contribution in [0.5, 0.6) is 17.5 Å².